The summed E-state index contributed by atoms with van der Waals surface area (Å²) in [4.78, 5) is 74.9. The van der Waals surface area contributed by atoms with Crippen LogP contribution in [0.2, 0.25) is 0 Å². The number of pyridine rings is 2. The molecule has 0 radical (unpaired) electrons. The predicted molar refractivity (Wildman–Crippen MR) is 474 cm³/mol. The molecule has 0 bridgehead atoms. The average molecular weight is 1590 g/mol. The van der Waals surface area contributed by atoms with E-state index in [1.54, 1.807) is 0 Å². The van der Waals surface area contributed by atoms with Crippen molar-refractivity contribution in [2.45, 2.75) is 399 Å². The Labute approximate surface area is 702 Å². The molecular weight excluding hydrogens is 1450 g/mol. The van der Waals surface area contributed by atoms with Crippen LogP contribution in [0.5, 0.6) is 0 Å². The zero-order valence-electron chi connectivity index (χ0n) is 78.9. The Morgan fingerprint density at radius 2 is 0.538 bits per heavy atom. The van der Waals surface area contributed by atoms with E-state index < -0.39 is 0 Å². The fourth-order valence-electron chi connectivity index (χ4n) is 16.6. The van der Waals surface area contributed by atoms with Gasteiger partial charge in [0.1, 0.15) is 34.8 Å². The van der Waals surface area contributed by atoms with Crippen molar-refractivity contribution in [3.8, 4) is 0 Å². The number of rotatable bonds is 6. The van der Waals surface area contributed by atoms with E-state index in [1.807, 2.05) is 12.4 Å². The van der Waals surface area contributed by atoms with E-state index in [9.17, 15) is 19.2 Å². The zero-order valence-corrected chi connectivity index (χ0v) is 78.9. The lowest BCUT2D eigenvalue weighted by Gasteiger charge is -2.27. The number of benzene rings is 1. The summed E-state index contributed by atoms with van der Waals surface area (Å²) in [6, 6.07) is 4.40. The second-order valence-corrected chi connectivity index (χ2v) is 43.2. The molecule has 8 heterocycles. The molecule has 117 heavy (non-hydrogen) atoms. The Morgan fingerprint density at radius 1 is 0.248 bits per heavy atom. The van der Waals surface area contributed by atoms with Crippen LogP contribution >= 0.6 is 0 Å². The van der Waals surface area contributed by atoms with Gasteiger partial charge in [-0.25, -0.2) is 0 Å². The monoisotopic (exact) mass is 1590 g/mol. The third-order valence-corrected chi connectivity index (χ3v) is 22.6. The van der Waals surface area contributed by atoms with Gasteiger partial charge in [0.25, 0.3) is 0 Å². The van der Waals surface area contributed by atoms with Crippen molar-refractivity contribution in [2.75, 3.05) is 13.3 Å². The van der Waals surface area contributed by atoms with Gasteiger partial charge in [0.2, 0.25) is 0 Å². The second kappa shape index (κ2) is 36.0. The number of carbonyl (C=O) groups is 4. The minimum absolute atomic E-state index is 0.0422. The van der Waals surface area contributed by atoms with E-state index in [0.717, 1.165) is 126 Å². The molecule has 5 aliphatic carbocycles. The van der Waals surface area contributed by atoms with E-state index in [2.05, 4.69) is 332 Å². The van der Waals surface area contributed by atoms with Crippen LogP contribution < -0.4 is 21.4 Å². The highest BCUT2D eigenvalue weighted by atomic mass is 16.1. The summed E-state index contributed by atoms with van der Waals surface area (Å²) >= 11 is 0. The SMILES string of the molecule is CC(C)(C)c1ccc(C(C)(C)C)c2c1CCC2=O.CC(C)(C)c1nnc(C(C)(C)C)c2c1=NCN=2.CC(C)(C)c1nnc(C(C)(C)C)c2c1=NCN=2.CC(C)(C)c1nnc(C(C)(C)C)c2c1CCC2.CC(C)c1cnc(C(C)C)c2c1C(=O)CC2.CC(C)c1cnc(C(C)C)c2c1CCC2=O.CC(C)c1nnc(C(C)C)c2c1CCC2=O. The Morgan fingerprint density at radius 3 is 0.889 bits per heavy atom. The van der Waals surface area contributed by atoms with Crippen LogP contribution in [0, 0.1) is 0 Å². The molecule has 0 atom stereocenters. The van der Waals surface area contributed by atoms with Crippen LogP contribution in [-0.2, 0) is 81.8 Å². The van der Waals surface area contributed by atoms with E-state index in [1.165, 1.54) is 75.2 Å². The van der Waals surface area contributed by atoms with E-state index in [-0.39, 0.29) is 60.8 Å². The Hall–Kier alpha value is -8.28. The first-order chi connectivity index (χ1) is 53.8. The molecule has 634 valence electrons. The molecule has 0 saturated carbocycles. The molecule has 6 aromatic heterocycles. The summed E-state index contributed by atoms with van der Waals surface area (Å²) in [6.07, 6.45) is 13.7. The molecule has 14 rings (SSSR count). The summed E-state index contributed by atoms with van der Waals surface area (Å²) in [5.74, 6) is 3.35. The summed E-state index contributed by atoms with van der Waals surface area (Å²) < 4.78 is 0. The van der Waals surface area contributed by atoms with Gasteiger partial charge in [0, 0.05) is 98.5 Å². The number of hydrogen-bond donors (Lipinski definition) is 0. The van der Waals surface area contributed by atoms with Gasteiger partial charge in [-0.1, -0.05) is 261 Å². The maximum atomic E-state index is 12.2. The molecule has 0 spiro atoms. The third-order valence-electron chi connectivity index (χ3n) is 22.6. The van der Waals surface area contributed by atoms with Crippen LogP contribution in [0.25, 0.3) is 0 Å². The van der Waals surface area contributed by atoms with Crippen molar-refractivity contribution in [3.05, 3.63) is 181 Å². The molecular formula is C99H144N14O4. The van der Waals surface area contributed by atoms with Crippen LogP contribution in [0.1, 0.15) is 471 Å². The average Bonchev–Trinajstić information content (AvgIpc) is 1.67. The van der Waals surface area contributed by atoms with Gasteiger partial charge in [-0.3, -0.25) is 49.1 Å². The van der Waals surface area contributed by atoms with Crippen molar-refractivity contribution >= 4 is 23.1 Å². The lowest BCUT2D eigenvalue weighted by molar-refractivity contribution is 0.0985. The Bertz CT molecular complexity index is 4710. The maximum Gasteiger partial charge on any atom is 0.165 e. The molecule has 0 N–H and O–H groups in total. The minimum Gasteiger partial charge on any atom is -0.294 e. The highest BCUT2D eigenvalue weighted by molar-refractivity contribution is 6.04. The highest BCUT2D eigenvalue weighted by Crippen LogP contribution is 2.42. The van der Waals surface area contributed by atoms with Crippen LogP contribution in [0.4, 0.5) is 0 Å². The van der Waals surface area contributed by atoms with Gasteiger partial charge in [-0.2, -0.15) is 40.8 Å². The number of carbonyl (C=O) groups excluding carboxylic acids is 4. The first-order valence-electron chi connectivity index (χ1n) is 43.5. The van der Waals surface area contributed by atoms with Crippen LogP contribution in [0.15, 0.2) is 44.5 Å². The van der Waals surface area contributed by atoms with Gasteiger partial charge in [0.15, 0.2) is 23.1 Å². The normalized spacial score (nSPS) is 15.4. The van der Waals surface area contributed by atoms with Gasteiger partial charge >= 0.3 is 0 Å². The number of ketones is 4. The number of nitrogens with zero attached hydrogens (tertiary/aromatic N) is 14. The molecule has 18 heteroatoms. The predicted octanol–water partition coefficient (Wildman–Crippen LogP) is 20.3. The molecule has 0 fully saturated rings. The number of hydrogen-bond acceptors (Lipinski definition) is 18. The summed E-state index contributed by atoms with van der Waals surface area (Å²) in [5, 5.41) is 38.9. The topological polar surface area (TPSA) is 247 Å². The van der Waals surface area contributed by atoms with Crippen molar-refractivity contribution in [1.29, 1.82) is 0 Å². The fraction of sp³-hybridized carbons (Fsp3) is 0.636. The Balaban J connectivity index is 0.000000170. The maximum absolute atomic E-state index is 12.2. The van der Waals surface area contributed by atoms with Crippen molar-refractivity contribution < 1.29 is 19.2 Å². The smallest absolute Gasteiger partial charge is 0.165 e. The van der Waals surface area contributed by atoms with Gasteiger partial charge in [-0.15, -0.1) is 0 Å². The van der Waals surface area contributed by atoms with E-state index in [0.29, 0.717) is 80.2 Å². The quantitative estimate of drug-likeness (QED) is 0.150. The van der Waals surface area contributed by atoms with Crippen molar-refractivity contribution in [3.63, 3.8) is 0 Å². The van der Waals surface area contributed by atoms with Crippen LogP contribution in [0.3, 0.4) is 0 Å². The molecule has 0 amide bonds. The summed E-state index contributed by atoms with van der Waals surface area (Å²) in [5.41, 5.74) is 27.0. The summed E-state index contributed by atoms with van der Waals surface area (Å²) in [7, 11) is 0. The van der Waals surface area contributed by atoms with Gasteiger partial charge in [0.05, 0.1) is 51.2 Å². The lowest BCUT2D eigenvalue weighted by Crippen LogP contribution is -2.41. The molecule has 1 aromatic carbocycles. The lowest BCUT2D eigenvalue weighted by atomic mass is 9.77. The van der Waals surface area contributed by atoms with Crippen molar-refractivity contribution in [1.82, 2.24) is 50.8 Å². The number of Topliss-reactive ketones (excluding diaryl/α,β-unsaturated/α-hetero) is 4. The molecule has 0 saturated heterocycles. The van der Waals surface area contributed by atoms with Crippen molar-refractivity contribution in [2.24, 2.45) is 20.0 Å². The Kier molecular flexibility index (Phi) is 29.0. The minimum atomic E-state index is -0.0448. The second-order valence-electron chi connectivity index (χ2n) is 43.2. The zero-order chi connectivity index (χ0) is 87.9. The third kappa shape index (κ3) is 21.5. The number of fused-ring (bicyclic) bond motifs is 7. The molecule has 7 aliphatic rings. The molecule has 0 unspecified atom stereocenters. The van der Waals surface area contributed by atoms with E-state index in [4.69, 9.17) is 0 Å². The summed E-state index contributed by atoms with van der Waals surface area (Å²) in [6.45, 7) is 78.5. The first-order valence-corrected chi connectivity index (χ1v) is 43.5. The standard InChI is InChI=1S/C17H24O.C15H24N2.2C14H19NO.2C13H20N4.C13H18N2O/c1-16(2,3)12-8-9-13(17(4,5)6)15-11(12)7-10-14(15)18;1-14(2,3)12-10-8-7-9-11(10)13(17-16-12)15(4,5)6;1-8(2)11-7-15-14(9(3)4)10-5-6-12(16)13(10)11;1-8(2)11-7-15-14(9(3)4)13-10(11)5-6-12(13)16;2*1-12(2,3)10-8-9(15-7-14-8)11(17-16-10)13(4,5)6;1-7(2)12-9-5-6-10(16)11(9)13(8(3)4)15-14-12/h8-9H,7,10H2,1-6H3;7-9H2,1-6H3;2*7-9H,5-6H2,1-4H3;2*7H2,1-6H3;7-8H,5-6H2,1-4H3. The number of aromatic nitrogens is 10. The molecule has 7 aromatic rings. The highest BCUT2D eigenvalue weighted by Gasteiger charge is 2.37. The van der Waals surface area contributed by atoms with Gasteiger partial charge < -0.3 is 0 Å². The first kappa shape index (κ1) is 94.2. The van der Waals surface area contributed by atoms with E-state index >= 15 is 0 Å². The largest absolute Gasteiger partial charge is 0.294 e. The molecule has 18 nitrogen and oxygen atoms in total. The molecule has 2 aliphatic heterocycles. The van der Waals surface area contributed by atoms with Gasteiger partial charge in [-0.05, 0) is 147 Å². The van der Waals surface area contributed by atoms with Crippen LogP contribution in [-0.4, -0.2) is 87.2 Å². The fourth-order valence-corrected chi connectivity index (χ4v) is 16.6.